The van der Waals surface area contributed by atoms with Crippen LogP contribution in [0.4, 0.5) is 0 Å². The summed E-state index contributed by atoms with van der Waals surface area (Å²) in [6.45, 7) is 0.594. The number of carboxylic acids is 1. The smallest absolute Gasteiger partial charge is 0.316 e. The first-order valence-corrected chi connectivity index (χ1v) is 7.07. The molecule has 0 amide bonds. The van der Waals surface area contributed by atoms with E-state index in [0.717, 1.165) is 18.5 Å². The van der Waals surface area contributed by atoms with E-state index < -0.39 is 11.4 Å². The summed E-state index contributed by atoms with van der Waals surface area (Å²) in [4.78, 5) is 20.1. The fourth-order valence-electron chi connectivity index (χ4n) is 2.93. The maximum absolute atomic E-state index is 11.7. The summed E-state index contributed by atoms with van der Waals surface area (Å²) in [5.74, 6) is -0.656. The Morgan fingerprint density at radius 2 is 2.43 bits per heavy atom. The van der Waals surface area contributed by atoms with Crippen molar-refractivity contribution in [3.05, 3.63) is 42.7 Å². The lowest BCUT2D eigenvalue weighted by Gasteiger charge is -2.09. The molecule has 0 spiro atoms. The van der Waals surface area contributed by atoms with Gasteiger partial charge in [0, 0.05) is 12.4 Å². The highest BCUT2D eigenvalue weighted by Gasteiger charge is 2.62. The zero-order valence-corrected chi connectivity index (χ0v) is 11.6. The molecule has 0 aromatic carbocycles. The molecule has 0 bridgehead atoms. The molecule has 3 N–H and O–H groups in total. The SMILES string of the molecule is NCCC[C@H]1CC1(C(=O)O)c1cn(-c2cccnc2)cn1. The molecule has 0 radical (unpaired) electrons. The highest BCUT2D eigenvalue weighted by Crippen LogP contribution is 2.56. The number of carbonyl (C=O) groups is 1. The number of aliphatic carboxylic acids is 1. The van der Waals surface area contributed by atoms with Crippen LogP contribution in [0.2, 0.25) is 0 Å². The molecule has 1 aliphatic rings. The van der Waals surface area contributed by atoms with E-state index in [-0.39, 0.29) is 5.92 Å². The Morgan fingerprint density at radius 3 is 3.10 bits per heavy atom. The molecule has 1 aliphatic carbocycles. The molecule has 0 aliphatic heterocycles. The van der Waals surface area contributed by atoms with Gasteiger partial charge < -0.3 is 15.4 Å². The summed E-state index contributed by atoms with van der Waals surface area (Å²) in [5, 5.41) is 9.61. The third-order valence-electron chi connectivity index (χ3n) is 4.23. The van der Waals surface area contributed by atoms with Gasteiger partial charge in [-0.2, -0.15) is 0 Å². The van der Waals surface area contributed by atoms with E-state index in [1.165, 1.54) is 0 Å². The quantitative estimate of drug-likeness (QED) is 0.836. The lowest BCUT2D eigenvalue weighted by molar-refractivity contribution is -0.140. The Kier molecular flexibility index (Phi) is 3.47. The third kappa shape index (κ3) is 2.31. The third-order valence-corrected chi connectivity index (χ3v) is 4.23. The van der Waals surface area contributed by atoms with Crippen LogP contribution < -0.4 is 5.73 Å². The van der Waals surface area contributed by atoms with Crippen LogP contribution in [-0.4, -0.2) is 32.2 Å². The van der Waals surface area contributed by atoms with E-state index in [4.69, 9.17) is 5.73 Å². The van der Waals surface area contributed by atoms with Crippen LogP contribution in [0, 0.1) is 5.92 Å². The van der Waals surface area contributed by atoms with Crippen LogP contribution in [0.1, 0.15) is 25.0 Å². The predicted molar refractivity (Wildman–Crippen MR) is 77.1 cm³/mol. The number of carboxylic acid groups (broad SMARTS) is 1. The minimum atomic E-state index is -0.831. The fraction of sp³-hybridized carbons (Fsp3) is 0.400. The number of nitrogens with two attached hydrogens (primary N) is 1. The van der Waals surface area contributed by atoms with Crippen LogP contribution in [0.5, 0.6) is 0 Å². The van der Waals surface area contributed by atoms with Crippen LogP contribution in [0.15, 0.2) is 37.1 Å². The fourth-order valence-corrected chi connectivity index (χ4v) is 2.93. The molecule has 1 unspecified atom stereocenters. The molecule has 6 heteroatoms. The average Bonchev–Trinajstić information content (AvgIpc) is 3.03. The molecule has 110 valence electrons. The molecular formula is C15H18N4O2. The minimum Gasteiger partial charge on any atom is -0.481 e. The first-order valence-electron chi connectivity index (χ1n) is 7.07. The van der Waals surface area contributed by atoms with Gasteiger partial charge in [0.2, 0.25) is 0 Å². The number of rotatable bonds is 6. The average molecular weight is 286 g/mol. The van der Waals surface area contributed by atoms with Gasteiger partial charge in [-0.1, -0.05) is 0 Å². The van der Waals surface area contributed by atoms with Crippen LogP contribution in [-0.2, 0) is 10.2 Å². The Labute approximate surface area is 122 Å². The topological polar surface area (TPSA) is 94.0 Å². The first-order chi connectivity index (χ1) is 10.2. The van der Waals surface area contributed by atoms with Crippen molar-refractivity contribution in [2.24, 2.45) is 11.7 Å². The van der Waals surface area contributed by atoms with Gasteiger partial charge in [-0.3, -0.25) is 9.78 Å². The number of pyridine rings is 1. The van der Waals surface area contributed by atoms with E-state index in [1.54, 1.807) is 24.9 Å². The molecule has 6 nitrogen and oxygen atoms in total. The van der Waals surface area contributed by atoms with Crippen LogP contribution in [0.3, 0.4) is 0 Å². The zero-order chi connectivity index (χ0) is 14.9. The highest BCUT2D eigenvalue weighted by molar-refractivity contribution is 5.85. The Hall–Kier alpha value is -2.21. The summed E-state index contributed by atoms with van der Waals surface area (Å²) >= 11 is 0. The lowest BCUT2D eigenvalue weighted by Crippen LogP contribution is -2.23. The minimum absolute atomic E-state index is 0.135. The molecule has 2 atom stereocenters. The van der Waals surface area contributed by atoms with Gasteiger partial charge >= 0.3 is 5.97 Å². The van der Waals surface area contributed by atoms with Crippen molar-refractivity contribution in [1.82, 2.24) is 14.5 Å². The molecular weight excluding hydrogens is 268 g/mol. The number of imidazole rings is 1. The van der Waals surface area contributed by atoms with Crippen molar-refractivity contribution in [2.45, 2.75) is 24.7 Å². The molecule has 1 saturated carbocycles. The maximum atomic E-state index is 11.7. The second-order valence-electron chi connectivity index (χ2n) is 5.49. The summed E-state index contributed by atoms with van der Waals surface area (Å²) in [6.07, 6.45) is 9.20. The van der Waals surface area contributed by atoms with Gasteiger partial charge in [0.1, 0.15) is 5.41 Å². The highest BCUT2D eigenvalue weighted by atomic mass is 16.4. The zero-order valence-electron chi connectivity index (χ0n) is 11.6. The summed E-state index contributed by atoms with van der Waals surface area (Å²) < 4.78 is 1.81. The first kappa shape index (κ1) is 13.8. The second-order valence-corrected chi connectivity index (χ2v) is 5.49. The van der Waals surface area contributed by atoms with E-state index in [0.29, 0.717) is 18.7 Å². The molecule has 3 rings (SSSR count). The normalized spacial score (nSPS) is 24.0. The molecule has 0 saturated heterocycles. The Morgan fingerprint density at radius 1 is 1.57 bits per heavy atom. The number of nitrogens with zero attached hydrogens (tertiary/aromatic N) is 3. The summed E-state index contributed by atoms with van der Waals surface area (Å²) in [5.41, 5.74) is 6.18. The van der Waals surface area contributed by atoms with Gasteiger partial charge in [0.15, 0.2) is 0 Å². The number of hydrogen-bond donors (Lipinski definition) is 2. The van der Waals surface area contributed by atoms with Gasteiger partial charge in [-0.25, -0.2) is 4.98 Å². The standard InChI is InChI=1S/C15H18N4O2/c16-5-1-3-11-7-15(11,14(20)21)13-9-19(10-18-13)12-4-2-6-17-8-12/h2,4,6,8-11H,1,3,5,7,16H2,(H,20,21)/t11-,15?/m0/s1. The molecule has 21 heavy (non-hydrogen) atoms. The van der Waals surface area contributed by atoms with E-state index >= 15 is 0 Å². The van der Waals surface area contributed by atoms with E-state index in [1.807, 2.05) is 16.7 Å². The lowest BCUT2D eigenvalue weighted by atomic mass is 9.98. The van der Waals surface area contributed by atoms with Crippen molar-refractivity contribution in [2.75, 3.05) is 6.54 Å². The number of hydrogen-bond acceptors (Lipinski definition) is 4. The molecule has 2 heterocycles. The van der Waals surface area contributed by atoms with Crippen molar-refractivity contribution in [1.29, 1.82) is 0 Å². The van der Waals surface area contributed by atoms with Crippen molar-refractivity contribution in [3.8, 4) is 5.69 Å². The Bertz CT molecular complexity index is 640. The molecule has 2 aromatic rings. The Balaban J connectivity index is 1.86. The molecule has 1 fully saturated rings. The van der Waals surface area contributed by atoms with Crippen molar-refractivity contribution < 1.29 is 9.90 Å². The van der Waals surface area contributed by atoms with Crippen molar-refractivity contribution >= 4 is 5.97 Å². The van der Waals surface area contributed by atoms with Crippen LogP contribution in [0.25, 0.3) is 5.69 Å². The predicted octanol–water partition coefficient (Wildman–Crippen LogP) is 1.35. The van der Waals surface area contributed by atoms with E-state index in [9.17, 15) is 9.90 Å². The molecule has 2 aromatic heterocycles. The maximum Gasteiger partial charge on any atom is 0.316 e. The summed E-state index contributed by atoms with van der Waals surface area (Å²) in [7, 11) is 0. The summed E-state index contributed by atoms with van der Waals surface area (Å²) in [6, 6.07) is 3.74. The second kappa shape index (κ2) is 5.29. The monoisotopic (exact) mass is 286 g/mol. The van der Waals surface area contributed by atoms with Crippen molar-refractivity contribution in [3.63, 3.8) is 0 Å². The van der Waals surface area contributed by atoms with Gasteiger partial charge in [-0.15, -0.1) is 0 Å². The largest absolute Gasteiger partial charge is 0.481 e. The van der Waals surface area contributed by atoms with E-state index in [2.05, 4.69) is 9.97 Å². The van der Waals surface area contributed by atoms with Crippen LogP contribution >= 0.6 is 0 Å². The van der Waals surface area contributed by atoms with Gasteiger partial charge in [0.25, 0.3) is 0 Å². The van der Waals surface area contributed by atoms with Gasteiger partial charge in [-0.05, 0) is 43.9 Å². The number of aromatic nitrogens is 3. The van der Waals surface area contributed by atoms with Gasteiger partial charge in [0.05, 0.1) is 23.9 Å².